The Bertz CT molecular complexity index is 613. The van der Waals surface area contributed by atoms with Gasteiger partial charge in [0, 0.05) is 16.5 Å². The lowest BCUT2D eigenvalue weighted by atomic mass is 9.81. The van der Waals surface area contributed by atoms with E-state index in [1.807, 2.05) is 20.8 Å². The molecule has 0 aromatic heterocycles. The molecule has 0 atom stereocenters. The van der Waals surface area contributed by atoms with E-state index in [1.54, 1.807) is 13.8 Å². The van der Waals surface area contributed by atoms with Crippen molar-refractivity contribution in [2.24, 2.45) is 5.14 Å². The predicted molar refractivity (Wildman–Crippen MR) is 79.5 cm³/mol. The zero-order valence-corrected chi connectivity index (χ0v) is 13.4. The summed E-state index contributed by atoms with van der Waals surface area (Å²) in [6.07, 6.45) is 0. The molecule has 0 aliphatic rings. The van der Waals surface area contributed by atoms with Crippen LogP contribution in [0.4, 0.5) is 0 Å². The van der Waals surface area contributed by atoms with Gasteiger partial charge in [-0.1, -0.05) is 34.6 Å². The van der Waals surface area contributed by atoms with Crippen molar-refractivity contribution in [1.82, 2.24) is 0 Å². The van der Waals surface area contributed by atoms with Crippen LogP contribution in [0.5, 0.6) is 11.5 Å². The molecule has 1 aromatic carbocycles. The molecule has 0 spiro atoms. The molecule has 4 N–H and O–H groups in total. The summed E-state index contributed by atoms with van der Waals surface area (Å²) >= 11 is 0. The fourth-order valence-electron chi connectivity index (χ4n) is 2.30. The Morgan fingerprint density at radius 1 is 1.00 bits per heavy atom. The molecular formula is C14H23NO4S. The quantitative estimate of drug-likeness (QED) is 0.743. The standard InChI is InChI=1S/C14H23NO4S/c1-13(2,3)9-6-12(17)10(7-11(9)16)14(4,5)8-20(15,18)19/h6-7,16-17H,8H2,1-5H3,(H2,15,18,19). The minimum atomic E-state index is -3.69. The van der Waals surface area contributed by atoms with Crippen molar-refractivity contribution >= 4 is 10.0 Å². The van der Waals surface area contributed by atoms with E-state index >= 15 is 0 Å². The Morgan fingerprint density at radius 2 is 1.40 bits per heavy atom. The SMILES string of the molecule is CC(C)(C)c1cc(O)c(C(C)(C)CS(N)(=O)=O)cc1O. The Hall–Kier alpha value is -1.27. The van der Waals surface area contributed by atoms with Crippen LogP contribution < -0.4 is 5.14 Å². The number of benzene rings is 1. The molecule has 0 saturated carbocycles. The van der Waals surface area contributed by atoms with Crippen LogP contribution in [-0.2, 0) is 20.9 Å². The molecule has 0 fully saturated rings. The Labute approximate surface area is 120 Å². The summed E-state index contributed by atoms with van der Waals surface area (Å²) in [5.41, 5.74) is -0.266. The average molecular weight is 301 g/mol. The van der Waals surface area contributed by atoms with Gasteiger partial charge in [-0.2, -0.15) is 0 Å². The van der Waals surface area contributed by atoms with E-state index in [-0.39, 0.29) is 22.7 Å². The van der Waals surface area contributed by atoms with Gasteiger partial charge in [-0.3, -0.25) is 0 Å². The van der Waals surface area contributed by atoms with Gasteiger partial charge in [0.15, 0.2) is 0 Å². The van der Waals surface area contributed by atoms with Crippen molar-refractivity contribution < 1.29 is 18.6 Å². The van der Waals surface area contributed by atoms with Crippen molar-refractivity contribution in [3.05, 3.63) is 23.3 Å². The van der Waals surface area contributed by atoms with Gasteiger partial charge in [0.1, 0.15) is 11.5 Å². The molecule has 0 aliphatic carbocycles. The average Bonchev–Trinajstić information content (AvgIpc) is 2.15. The summed E-state index contributed by atoms with van der Waals surface area (Å²) < 4.78 is 22.6. The monoisotopic (exact) mass is 301 g/mol. The molecule has 0 bridgehead atoms. The van der Waals surface area contributed by atoms with Crippen LogP contribution in [0.15, 0.2) is 12.1 Å². The topological polar surface area (TPSA) is 101 Å². The van der Waals surface area contributed by atoms with Crippen molar-refractivity contribution in [1.29, 1.82) is 0 Å². The first-order valence-electron chi connectivity index (χ1n) is 6.31. The Balaban J connectivity index is 3.39. The number of sulfonamides is 1. The maximum Gasteiger partial charge on any atom is 0.209 e. The van der Waals surface area contributed by atoms with E-state index in [9.17, 15) is 18.6 Å². The second-order valence-corrected chi connectivity index (χ2v) is 8.44. The molecule has 0 saturated heterocycles. The van der Waals surface area contributed by atoms with Gasteiger partial charge >= 0.3 is 0 Å². The third-order valence-electron chi connectivity index (χ3n) is 3.21. The number of phenolic OH excluding ortho intramolecular Hbond substituents is 2. The molecule has 0 aliphatic heterocycles. The summed E-state index contributed by atoms with van der Waals surface area (Å²) in [5, 5.41) is 25.4. The largest absolute Gasteiger partial charge is 0.508 e. The lowest BCUT2D eigenvalue weighted by molar-refractivity contribution is 0.418. The first-order valence-corrected chi connectivity index (χ1v) is 8.03. The second kappa shape index (κ2) is 4.93. The molecule has 1 aromatic rings. The Morgan fingerprint density at radius 3 is 1.80 bits per heavy atom. The number of hydrogen-bond acceptors (Lipinski definition) is 4. The molecule has 20 heavy (non-hydrogen) atoms. The number of rotatable bonds is 3. The molecule has 1 rings (SSSR count). The lowest BCUT2D eigenvalue weighted by Gasteiger charge is -2.28. The van der Waals surface area contributed by atoms with Crippen LogP contribution in [0.3, 0.4) is 0 Å². The van der Waals surface area contributed by atoms with Gasteiger partial charge in [0.05, 0.1) is 5.75 Å². The summed E-state index contributed by atoms with van der Waals surface area (Å²) in [6, 6.07) is 2.90. The molecule has 0 heterocycles. The maximum atomic E-state index is 11.3. The van der Waals surface area contributed by atoms with E-state index < -0.39 is 15.4 Å². The van der Waals surface area contributed by atoms with Crippen LogP contribution >= 0.6 is 0 Å². The zero-order chi connectivity index (χ0) is 15.9. The summed E-state index contributed by atoms with van der Waals surface area (Å²) in [4.78, 5) is 0. The van der Waals surface area contributed by atoms with Gasteiger partial charge in [0.25, 0.3) is 0 Å². The number of phenols is 2. The van der Waals surface area contributed by atoms with E-state index in [1.165, 1.54) is 12.1 Å². The molecule has 5 nitrogen and oxygen atoms in total. The van der Waals surface area contributed by atoms with Gasteiger partial charge < -0.3 is 10.2 Å². The highest BCUT2D eigenvalue weighted by Crippen LogP contribution is 2.40. The fourth-order valence-corrected chi connectivity index (χ4v) is 3.46. The molecule has 114 valence electrons. The fraction of sp³-hybridized carbons (Fsp3) is 0.571. The second-order valence-electron chi connectivity index (χ2n) is 6.83. The predicted octanol–water partition coefficient (Wildman–Crippen LogP) is 1.96. The van der Waals surface area contributed by atoms with Crippen LogP contribution in [0.2, 0.25) is 0 Å². The minimum Gasteiger partial charge on any atom is -0.508 e. The van der Waals surface area contributed by atoms with Crippen molar-refractivity contribution in [2.75, 3.05) is 5.75 Å². The van der Waals surface area contributed by atoms with Gasteiger partial charge in [-0.25, -0.2) is 13.6 Å². The molecule has 0 radical (unpaired) electrons. The summed E-state index contributed by atoms with van der Waals surface area (Å²) in [7, 11) is -3.69. The van der Waals surface area contributed by atoms with Crippen molar-refractivity contribution in [3.63, 3.8) is 0 Å². The molecule has 6 heteroatoms. The van der Waals surface area contributed by atoms with E-state index in [4.69, 9.17) is 5.14 Å². The third-order valence-corrected chi connectivity index (χ3v) is 4.34. The normalized spacial score (nSPS) is 13.5. The maximum absolute atomic E-state index is 11.3. The highest BCUT2D eigenvalue weighted by Gasteiger charge is 2.31. The van der Waals surface area contributed by atoms with Crippen LogP contribution in [0, 0.1) is 0 Å². The van der Waals surface area contributed by atoms with Crippen molar-refractivity contribution in [2.45, 2.75) is 45.4 Å². The highest BCUT2D eigenvalue weighted by atomic mass is 32.2. The lowest BCUT2D eigenvalue weighted by Crippen LogP contribution is -2.32. The summed E-state index contributed by atoms with van der Waals surface area (Å²) in [6.45, 7) is 9.05. The van der Waals surface area contributed by atoms with Gasteiger partial charge in [0.2, 0.25) is 10.0 Å². The smallest absolute Gasteiger partial charge is 0.209 e. The highest BCUT2D eigenvalue weighted by molar-refractivity contribution is 7.89. The van der Waals surface area contributed by atoms with Gasteiger partial charge in [-0.05, 0) is 17.5 Å². The summed E-state index contributed by atoms with van der Waals surface area (Å²) in [5.74, 6) is -0.323. The third kappa shape index (κ3) is 3.86. The van der Waals surface area contributed by atoms with E-state index in [0.717, 1.165) is 0 Å². The van der Waals surface area contributed by atoms with Crippen LogP contribution in [0.1, 0.15) is 45.7 Å². The van der Waals surface area contributed by atoms with E-state index in [2.05, 4.69) is 0 Å². The first-order chi connectivity index (χ1) is 8.74. The zero-order valence-electron chi connectivity index (χ0n) is 12.6. The van der Waals surface area contributed by atoms with Gasteiger partial charge in [-0.15, -0.1) is 0 Å². The molecule has 0 amide bonds. The first kappa shape index (κ1) is 16.8. The van der Waals surface area contributed by atoms with E-state index in [0.29, 0.717) is 11.1 Å². The number of primary sulfonamides is 1. The molecule has 0 unspecified atom stereocenters. The number of aromatic hydroxyl groups is 2. The number of nitrogens with two attached hydrogens (primary N) is 1. The van der Waals surface area contributed by atoms with Crippen molar-refractivity contribution in [3.8, 4) is 11.5 Å². The number of hydrogen-bond donors (Lipinski definition) is 3. The van der Waals surface area contributed by atoms with Crippen LogP contribution in [0.25, 0.3) is 0 Å². The van der Waals surface area contributed by atoms with Crippen LogP contribution in [-0.4, -0.2) is 24.4 Å². The Kier molecular flexibility index (Phi) is 4.14. The molecular weight excluding hydrogens is 278 g/mol. The minimum absolute atomic E-state index is 0.0350.